The van der Waals surface area contributed by atoms with Crippen molar-refractivity contribution in [1.82, 2.24) is 0 Å². The number of anilines is 2. The van der Waals surface area contributed by atoms with E-state index in [9.17, 15) is 9.59 Å². The highest BCUT2D eigenvalue weighted by Gasteiger charge is 2.23. The molecule has 1 heterocycles. The third-order valence-electron chi connectivity index (χ3n) is 4.60. The number of benzene rings is 2. The Morgan fingerprint density at radius 3 is 2.46 bits per heavy atom. The van der Waals surface area contributed by atoms with E-state index in [2.05, 4.69) is 5.32 Å². The van der Waals surface area contributed by atoms with E-state index in [1.165, 1.54) is 0 Å². The molecule has 2 amide bonds. The first-order valence-corrected chi connectivity index (χ1v) is 8.85. The molecule has 0 spiro atoms. The Hall–Kier alpha value is -2.82. The van der Waals surface area contributed by atoms with Crippen LogP contribution in [-0.4, -0.2) is 25.0 Å². The largest absolute Gasteiger partial charge is 0.483 e. The molecule has 0 radical (unpaired) electrons. The van der Waals surface area contributed by atoms with Crippen LogP contribution in [0.4, 0.5) is 11.4 Å². The number of hydrogen-bond donors (Lipinski definition) is 1. The van der Waals surface area contributed by atoms with Gasteiger partial charge in [-0.2, -0.15) is 0 Å². The lowest BCUT2D eigenvalue weighted by atomic mass is 10.1. The number of carbonyl (C=O) groups excluding carboxylic acids is 2. The Balaban J connectivity index is 1.63. The molecule has 0 saturated carbocycles. The molecule has 2 aromatic carbocycles. The molecule has 1 saturated heterocycles. The van der Waals surface area contributed by atoms with Crippen molar-refractivity contribution in [2.24, 2.45) is 0 Å². The summed E-state index contributed by atoms with van der Waals surface area (Å²) in [5.74, 6) is 0.700. The van der Waals surface area contributed by atoms with E-state index in [4.69, 9.17) is 4.74 Å². The maximum absolute atomic E-state index is 12.2. The van der Waals surface area contributed by atoms with Crippen LogP contribution in [0.1, 0.15) is 29.5 Å². The van der Waals surface area contributed by atoms with Gasteiger partial charge in [-0.25, -0.2) is 0 Å². The van der Waals surface area contributed by atoms with Crippen molar-refractivity contribution in [3.8, 4) is 5.75 Å². The van der Waals surface area contributed by atoms with E-state index in [-0.39, 0.29) is 18.4 Å². The van der Waals surface area contributed by atoms with Gasteiger partial charge in [-0.05, 0) is 62.1 Å². The van der Waals surface area contributed by atoms with Gasteiger partial charge in [0.1, 0.15) is 5.75 Å². The molecule has 2 aromatic rings. The highest BCUT2D eigenvalue weighted by molar-refractivity contribution is 5.97. The number of amides is 2. The number of para-hydroxylation sites is 1. The van der Waals surface area contributed by atoms with Gasteiger partial charge in [-0.1, -0.05) is 18.2 Å². The van der Waals surface area contributed by atoms with E-state index in [0.717, 1.165) is 41.1 Å². The first-order chi connectivity index (χ1) is 12.5. The van der Waals surface area contributed by atoms with Crippen LogP contribution in [0, 0.1) is 20.8 Å². The van der Waals surface area contributed by atoms with Crippen molar-refractivity contribution in [1.29, 1.82) is 0 Å². The van der Waals surface area contributed by atoms with Gasteiger partial charge in [-0.15, -0.1) is 0 Å². The first-order valence-electron chi connectivity index (χ1n) is 8.85. The maximum atomic E-state index is 12.2. The first kappa shape index (κ1) is 18.0. The number of hydrogen-bond acceptors (Lipinski definition) is 3. The van der Waals surface area contributed by atoms with E-state index in [1.807, 2.05) is 62.1 Å². The van der Waals surface area contributed by atoms with Crippen LogP contribution in [0.2, 0.25) is 0 Å². The molecule has 5 nitrogen and oxygen atoms in total. The van der Waals surface area contributed by atoms with Crippen molar-refractivity contribution in [3.63, 3.8) is 0 Å². The van der Waals surface area contributed by atoms with E-state index >= 15 is 0 Å². The van der Waals surface area contributed by atoms with Crippen molar-refractivity contribution in [2.75, 3.05) is 23.4 Å². The third-order valence-corrected chi connectivity index (χ3v) is 4.60. The standard InChI is InChI=1S/C21H24N2O3/c1-14-6-4-7-15(2)21(14)26-13-19(24)22-17-9-10-18(16(3)12-17)23-11-5-8-20(23)25/h4,6-7,9-10,12H,5,8,11,13H2,1-3H3,(H,22,24). The Bertz CT molecular complexity index is 825. The summed E-state index contributed by atoms with van der Waals surface area (Å²) in [6.07, 6.45) is 1.50. The summed E-state index contributed by atoms with van der Waals surface area (Å²) in [6, 6.07) is 11.5. The smallest absolute Gasteiger partial charge is 0.262 e. The molecule has 26 heavy (non-hydrogen) atoms. The molecule has 1 aliphatic rings. The van der Waals surface area contributed by atoms with Crippen LogP contribution in [0.3, 0.4) is 0 Å². The van der Waals surface area contributed by atoms with Crippen molar-refractivity contribution in [3.05, 3.63) is 53.1 Å². The lowest BCUT2D eigenvalue weighted by molar-refractivity contribution is -0.118. The normalized spacial score (nSPS) is 13.8. The number of nitrogens with one attached hydrogen (secondary N) is 1. The minimum Gasteiger partial charge on any atom is -0.483 e. The quantitative estimate of drug-likeness (QED) is 0.891. The molecule has 5 heteroatoms. The van der Waals surface area contributed by atoms with Gasteiger partial charge in [0.05, 0.1) is 0 Å². The van der Waals surface area contributed by atoms with Crippen LogP contribution in [0.5, 0.6) is 5.75 Å². The van der Waals surface area contributed by atoms with Crippen molar-refractivity contribution >= 4 is 23.2 Å². The molecule has 0 aromatic heterocycles. The second kappa shape index (κ2) is 7.60. The van der Waals surface area contributed by atoms with Crippen molar-refractivity contribution in [2.45, 2.75) is 33.6 Å². The lowest BCUT2D eigenvalue weighted by Gasteiger charge is -2.19. The topological polar surface area (TPSA) is 58.6 Å². The molecule has 136 valence electrons. The molecule has 1 fully saturated rings. The van der Waals surface area contributed by atoms with Gasteiger partial charge in [0.25, 0.3) is 5.91 Å². The molecule has 0 atom stereocenters. The molecule has 0 unspecified atom stereocenters. The lowest BCUT2D eigenvalue weighted by Crippen LogP contribution is -2.25. The summed E-state index contributed by atoms with van der Waals surface area (Å²) in [5.41, 5.74) is 4.60. The zero-order chi connectivity index (χ0) is 18.7. The molecular weight excluding hydrogens is 328 g/mol. The van der Waals surface area contributed by atoms with Gasteiger partial charge < -0.3 is 15.0 Å². The van der Waals surface area contributed by atoms with Crippen LogP contribution in [0.25, 0.3) is 0 Å². The average Bonchev–Trinajstić information content (AvgIpc) is 3.00. The average molecular weight is 352 g/mol. The minimum absolute atomic E-state index is 0.0445. The zero-order valence-corrected chi connectivity index (χ0v) is 15.5. The number of aryl methyl sites for hydroxylation is 3. The highest BCUT2D eigenvalue weighted by atomic mass is 16.5. The minimum atomic E-state index is -0.211. The van der Waals surface area contributed by atoms with Crippen LogP contribution in [-0.2, 0) is 9.59 Å². The summed E-state index contributed by atoms with van der Waals surface area (Å²) < 4.78 is 5.69. The second-order valence-electron chi connectivity index (χ2n) is 6.71. The van der Waals surface area contributed by atoms with Gasteiger partial charge >= 0.3 is 0 Å². The molecule has 0 aliphatic carbocycles. The Kier molecular flexibility index (Phi) is 5.26. The SMILES string of the molecule is Cc1cc(NC(=O)COc2c(C)cccc2C)ccc1N1CCCC1=O. The monoisotopic (exact) mass is 352 g/mol. The summed E-state index contributed by atoms with van der Waals surface area (Å²) in [6.45, 7) is 6.58. The number of carbonyl (C=O) groups is 2. The summed E-state index contributed by atoms with van der Waals surface area (Å²) in [4.78, 5) is 25.9. The molecule has 3 rings (SSSR count). The Labute approximate surface area is 154 Å². The summed E-state index contributed by atoms with van der Waals surface area (Å²) >= 11 is 0. The van der Waals surface area contributed by atoms with E-state index < -0.39 is 0 Å². The molecule has 1 N–H and O–H groups in total. The van der Waals surface area contributed by atoms with Crippen LogP contribution >= 0.6 is 0 Å². The highest BCUT2D eigenvalue weighted by Crippen LogP contribution is 2.27. The van der Waals surface area contributed by atoms with Crippen LogP contribution < -0.4 is 15.0 Å². The third kappa shape index (κ3) is 3.87. The maximum Gasteiger partial charge on any atom is 0.262 e. The van der Waals surface area contributed by atoms with Crippen LogP contribution in [0.15, 0.2) is 36.4 Å². The van der Waals surface area contributed by atoms with Gasteiger partial charge in [0.15, 0.2) is 6.61 Å². The van der Waals surface area contributed by atoms with E-state index in [1.54, 1.807) is 0 Å². The predicted molar refractivity (Wildman–Crippen MR) is 103 cm³/mol. The number of ether oxygens (including phenoxy) is 1. The second-order valence-corrected chi connectivity index (χ2v) is 6.71. The fourth-order valence-corrected chi connectivity index (χ4v) is 3.30. The van der Waals surface area contributed by atoms with Crippen molar-refractivity contribution < 1.29 is 14.3 Å². The van der Waals surface area contributed by atoms with Gasteiger partial charge in [-0.3, -0.25) is 9.59 Å². The molecule has 0 bridgehead atoms. The summed E-state index contributed by atoms with van der Waals surface area (Å²) in [7, 11) is 0. The fourth-order valence-electron chi connectivity index (χ4n) is 3.30. The fraction of sp³-hybridized carbons (Fsp3) is 0.333. The predicted octanol–water partition coefficient (Wildman–Crippen LogP) is 3.76. The Morgan fingerprint density at radius 1 is 1.12 bits per heavy atom. The zero-order valence-electron chi connectivity index (χ0n) is 15.5. The Morgan fingerprint density at radius 2 is 1.85 bits per heavy atom. The van der Waals surface area contributed by atoms with Gasteiger partial charge in [0.2, 0.25) is 5.91 Å². The number of nitrogens with zero attached hydrogens (tertiary/aromatic N) is 1. The molecular formula is C21H24N2O3. The number of rotatable bonds is 5. The molecule has 1 aliphatic heterocycles. The van der Waals surface area contributed by atoms with E-state index in [0.29, 0.717) is 12.1 Å². The summed E-state index contributed by atoms with van der Waals surface area (Å²) in [5, 5.41) is 2.85. The van der Waals surface area contributed by atoms with Gasteiger partial charge in [0, 0.05) is 24.3 Å².